The van der Waals surface area contributed by atoms with E-state index in [1.165, 1.54) is 0 Å². The van der Waals surface area contributed by atoms with Crippen molar-refractivity contribution in [1.29, 1.82) is 0 Å². The Balaban J connectivity index is 2.30. The highest BCUT2D eigenvalue weighted by Crippen LogP contribution is 2.16. The molecule has 1 aromatic rings. The molecule has 90 valence electrons. The fourth-order valence-electron chi connectivity index (χ4n) is 1.23. The molecule has 1 atom stereocenters. The fraction of sp³-hybridized carbons (Fsp3) is 0.636. The van der Waals surface area contributed by atoms with Gasteiger partial charge in [0.1, 0.15) is 0 Å². The molecule has 1 amide bonds. The molecule has 0 bridgehead atoms. The van der Waals surface area contributed by atoms with Gasteiger partial charge in [-0.3, -0.25) is 9.48 Å². The second-order valence-corrected chi connectivity index (χ2v) is 4.90. The fourth-order valence-corrected chi connectivity index (χ4v) is 1.23. The Labute approximate surface area is 96.0 Å². The predicted molar refractivity (Wildman–Crippen MR) is 62.7 cm³/mol. The predicted octanol–water partition coefficient (Wildman–Crippen LogP) is 0.373. The number of hydrogen-bond donors (Lipinski definition) is 2. The summed E-state index contributed by atoms with van der Waals surface area (Å²) >= 11 is 0. The zero-order valence-corrected chi connectivity index (χ0v) is 10.1. The number of nitrogens with two attached hydrogens (primary N) is 1. The van der Waals surface area contributed by atoms with Crippen molar-refractivity contribution in [3.05, 3.63) is 18.5 Å². The van der Waals surface area contributed by atoms with Crippen LogP contribution in [-0.2, 0) is 11.3 Å². The average molecular weight is 224 g/mol. The highest BCUT2D eigenvalue weighted by atomic mass is 16.2. The molecule has 0 spiro atoms. The van der Waals surface area contributed by atoms with E-state index in [4.69, 9.17) is 5.73 Å². The third-order valence-corrected chi connectivity index (χ3v) is 2.41. The molecular formula is C11H20N4O. The Kier molecular flexibility index (Phi) is 4.06. The van der Waals surface area contributed by atoms with Crippen molar-refractivity contribution in [2.45, 2.75) is 33.4 Å². The van der Waals surface area contributed by atoms with Crippen molar-refractivity contribution in [2.24, 2.45) is 11.1 Å². The van der Waals surface area contributed by atoms with E-state index in [2.05, 4.69) is 10.4 Å². The summed E-state index contributed by atoms with van der Waals surface area (Å²) in [5, 5.41) is 6.84. The highest BCUT2D eigenvalue weighted by molar-refractivity contribution is 5.82. The molecule has 1 heterocycles. The lowest BCUT2D eigenvalue weighted by Gasteiger charge is -2.25. The number of hydrogen-bond acceptors (Lipinski definition) is 3. The van der Waals surface area contributed by atoms with E-state index in [9.17, 15) is 4.79 Å². The highest BCUT2D eigenvalue weighted by Gasteiger charge is 2.26. The summed E-state index contributed by atoms with van der Waals surface area (Å²) in [6.45, 7) is 7.06. The van der Waals surface area contributed by atoms with Gasteiger partial charge in [-0.2, -0.15) is 5.10 Å². The van der Waals surface area contributed by atoms with Gasteiger partial charge in [0.05, 0.1) is 12.6 Å². The van der Waals surface area contributed by atoms with Crippen LogP contribution >= 0.6 is 0 Å². The number of carbonyl (C=O) groups excluding carboxylic acids is 1. The second kappa shape index (κ2) is 5.12. The standard InChI is InChI=1S/C11H20N4O/c1-11(2,3)9(12)10(16)13-6-8-15-7-4-5-14-15/h4-5,7,9H,6,8,12H2,1-3H3,(H,13,16). The Morgan fingerprint density at radius 2 is 2.25 bits per heavy atom. The van der Waals surface area contributed by atoms with Crippen LogP contribution in [0.1, 0.15) is 20.8 Å². The quantitative estimate of drug-likeness (QED) is 0.776. The molecule has 5 nitrogen and oxygen atoms in total. The van der Waals surface area contributed by atoms with Crippen LogP contribution in [0, 0.1) is 5.41 Å². The van der Waals surface area contributed by atoms with Gasteiger partial charge >= 0.3 is 0 Å². The van der Waals surface area contributed by atoms with Crippen LogP contribution in [0.5, 0.6) is 0 Å². The molecule has 1 rings (SSSR count). The van der Waals surface area contributed by atoms with Crippen molar-refractivity contribution < 1.29 is 4.79 Å². The van der Waals surface area contributed by atoms with Gasteiger partial charge in [0.2, 0.25) is 5.91 Å². The molecule has 0 aromatic carbocycles. The van der Waals surface area contributed by atoms with Gasteiger partial charge < -0.3 is 11.1 Å². The summed E-state index contributed by atoms with van der Waals surface area (Å²) < 4.78 is 1.77. The van der Waals surface area contributed by atoms with Crippen molar-refractivity contribution in [3.8, 4) is 0 Å². The lowest BCUT2D eigenvalue weighted by atomic mass is 9.87. The van der Waals surface area contributed by atoms with Crippen molar-refractivity contribution in [3.63, 3.8) is 0 Å². The van der Waals surface area contributed by atoms with Crippen LogP contribution < -0.4 is 11.1 Å². The first-order valence-corrected chi connectivity index (χ1v) is 5.42. The molecule has 0 fully saturated rings. The number of amides is 1. The van der Waals surface area contributed by atoms with Crippen LogP contribution in [0.3, 0.4) is 0 Å². The topological polar surface area (TPSA) is 72.9 Å². The maximum atomic E-state index is 11.7. The second-order valence-electron chi connectivity index (χ2n) is 4.90. The summed E-state index contributed by atoms with van der Waals surface area (Å²) in [6.07, 6.45) is 3.57. The van der Waals surface area contributed by atoms with Gasteiger partial charge in [0.25, 0.3) is 0 Å². The van der Waals surface area contributed by atoms with Crippen molar-refractivity contribution >= 4 is 5.91 Å². The molecular weight excluding hydrogens is 204 g/mol. The normalized spacial score (nSPS) is 13.5. The molecule has 1 unspecified atom stereocenters. The van der Waals surface area contributed by atoms with Gasteiger partial charge in [-0.05, 0) is 11.5 Å². The summed E-state index contributed by atoms with van der Waals surface area (Å²) in [4.78, 5) is 11.7. The minimum atomic E-state index is -0.481. The zero-order chi connectivity index (χ0) is 12.2. The minimum Gasteiger partial charge on any atom is -0.353 e. The van der Waals surface area contributed by atoms with E-state index in [-0.39, 0.29) is 11.3 Å². The van der Waals surface area contributed by atoms with E-state index in [1.54, 1.807) is 10.9 Å². The summed E-state index contributed by atoms with van der Waals surface area (Å²) in [6, 6.07) is 1.37. The largest absolute Gasteiger partial charge is 0.353 e. The van der Waals surface area contributed by atoms with Gasteiger partial charge in [-0.25, -0.2) is 0 Å². The number of aromatic nitrogens is 2. The molecule has 1 aromatic heterocycles. The van der Waals surface area contributed by atoms with Crippen LogP contribution in [-0.4, -0.2) is 28.3 Å². The first-order chi connectivity index (χ1) is 7.41. The van der Waals surface area contributed by atoms with Gasteiger partial charge in [0.15, 0.2) is 0 Å². The molecule has 0 radical (unpaired) electrons. The maximum Gasteiger partial charge on any atom is 0.237 e. The molecule has 3 N–H and O–H groups in total. The molecule has 5 heteroatoms. The first-order valence-electron chi connectivity index (χ1n) is 5.42. The minimum absolute atomic E-state index is 0.111. The number of carbonyl (C=O) groups is 1. The van der Waals surface area contributed by atoms with E-state index in [0.29, 0.717) is 13.1 Å². The number of nitrogens with zero attached hydrogens (tertiary/aromatic N) is 2. The number of rotatable bonds is 4. The average Bonchev–Trinajstić information content (AvgIpc) is 2.67. The molecule has 16 heavy (non-hydrogen) atoms. The van der Waals surface area contributed by atoms with Crippen LogP contribution in [0.15, 0.2) is 18.5 Å². The maximum absolute atomic E-state index is 11.7. The van der Waals surface area contributed by atoms with Gasteiger partial charge in [-0.1, -0.05) is 20.8 Å². The van der Waals surface area contributed by atoms with Crippen molar-refractivity contribution in [1.82, 2.24) is 15.1 Å². The van der Waals surface area contributed by atoms with Gasteiger partial charge in [0, 0.05) is 18.9 Å². The monoisotopic (exact) mass is 224 g/mol. The molecule has 0 aliphatic rings. The smallest absolute Gasteiger partial charge is 0.237 e. The summed E-state index contributed by atoms with van der Waals surface area (Å²) in [7, 11) is 0. The Morgan fingerprint density at radius 3 is 2.75 bits per heavy atom. The van der Waals surface area contributed by atoms with Crippen LogP contribution in [0.4, 0.5) is 0 Å². The lowest BCUT2D eigenvalue weighted by molar-refractivity contribution is -0.124. The van der Waals surface area contributed by atoms with Gasteiger partial charge in [-0.15, -0.1) is 0 Å². The van der Waals surface area contributed by atoms with E-state index < -0.39 is 6.04 Å². The van der Waals surface area contributed by atoms with Crippen LogP contribution in [0.25, 0.3) is 0 Å². The zero-order valence-electron chi connectivity index (χ0n) is 10.1. The molecule has 0 aliphatic carbocycles. The van der Waals surface area contributed by atoms with Crippen molar-refractivity contribution in [2.75, 3.05) is 6.54 Å². The lowest BCUT2D eigenvalue weighted by Crippen LogP contribution is -2.49. The Bertz CT molecular complexity index is 326. The Morgan fingerprint density at radius 1 is 1.56 bits per heavy atom. The number of nitrogens with one attached hydrogen (secondary N) is 1. The third kappa shape index (κ3) is 3.66. The van der Waals surface area contributed by atoms with E-state index >= 15 is 0 Å². The molecule has 0 saturated carbocycles. The SMILES string of the molecule is CC(C)(C)C(N)C(=O)NCCn1cccn1. The molecule has 0 saturated heterocycles. The molecule has 0 aliphatic heterocycles. The van der Waals surface area contributed by atoms with E-state index in [0.717, 1.165) is 0 Å². The van der Waals surface area contributed by atoms with Crippen LogP contribution in [0.2, 0.25) is 0 Å². The Hall–Kier alpha value is -1.36. The first kappa shape index (κ1) is 12.7. The third-order valence-electron chi connectivity index (χ3n) is 2.41. The summed E-state index contributed by atoms with van der Waals surface area (Å²) in [5.74, 6) is -0.111. The summed E-state index contributed by atoms with van der Waals surface area (Å²) in [5.41, 5.74) is 5.61. The van der Waals surface area contributed by atoms with E-state index in [1.807, 2.05) is 33.0 Å².